The van der Waals surface area contributed by atoms with Crippen molar-refractivity contribution in [2.45, 2.75) is 38.6 Å². The molecule has 0 atom stereocenters. The predicted octanol–water partition coefficient (Wildman–Crippen LogP) is 3.63. The van der Waals surface area contributed by atoms with E-state index in [0.717, 1.165) is 0 Å². The van der Waals surface area contributed by atoms with E-state index in [0.29, 0.717) is 54.7 Å². The standard InChI is InChI=1S/C25H32N2O5/c1-17(2)18-5-8-21(9-6-18)32-16-24(28)26-20-11-13-27(14-12-20)25(29)19-7-10-22(30-3)23(15-19)31-4/h5-10,15,17,20H,11-14,16H2,1-4H3,(H,26,28). The van der Waals surface area contributed by atoms with Gasteiger partial charge in [0.05, 0.1) is 14.2 Å². The number of carbonyl (C=O) groups is 2. The zero-order valence-corrected chi connectivity index (χ0v) is 19.2. The number of methoxy groups -OCH3 is 2. The molecule has 1 N–H and O–H groups in total. The molecule has 2 aromatic rings. The van der Waals surface area contributed by atoms with E-state index in [2.05, 4.69) is 19.2 Å². The lowest BCUT2D eigenvalue weighted by Gasteiger charge is -2.32. The number of nitrogens with zero attached hydrogens (tertiary/aromatic N) is 1. The van der Waals surface area contributed by atoms with Crippen LogP contribution in [0.2, 0.25) is 0 Å². The van der Waals surface area contributed by atoms with Gasteiger partial charge in [-0.05, 0) is 54.7 Å². The second-order valence-electron chi connectivity index (χ2n) is 8.22. The quantitative estimate of drug-likeness (QED) is 0.678. The summed E-state index contributed by atoms with van der Waals surface area (Å²) in [5.74, 6) is 2.05. The molecule has 1 aliphatic heterocycles. The molecule has 7 heteroatoms. The van der Waals surface area contributed by atoms with Gasteiger partial charge in [0.25, 0.3) is 11.8 Å². The van der Waals surface area contributed by atoms with Gasteiger partial charge in [0.1, 0.15) is 5.75 Å². The van der Waals surface area contributed by atoms with Crippen LogP contribution in [0.1, 0.15) is 48.5 Å². The zero-order valence-electron chi connectivity index (χ0n) is 19.2. The maximum atomic E-state index is 12.8. The molecule has 0 aliphatic carbocycles. The maximum Gasteiger partial charge on any atom is 0.258 e. The van der Waals surface area contributed by atoms with E-state index in [4.69, 9.17) is 14.2 Å². The van der Waals surface area contributed by atoms with Crippen LogP contribution in [-0.2, 0) is 4.79 Å². The van der Waals surface area contributed by atoms with Crippen molar-refractivity contribution < 1.29 is 23.8 Å². The second-order valence-corrected chi connectivity index (χ2v) is 8.22. The summed E-state index contributed by atoms with van der Waals surface area (Å²) in [7, 11) is 3.11. The van der Waals surface area contributed by atoms with Crippen LogP contribution < -0.4 is 19.5 Å². The van der Waals surface area contributed by atoms with Crippen LogP contribution in [0.25, 0.3) is 0 Å². The molecule has 3 rings (SSSR count). The first kappa shape index (κ1) is 23.4. The molecule has 1 saturated heterocycles. The summed E-state index contributed by atoms with van der Waals surface area (Å²) in [6.45, 7) is 5.41. The monoisotopic (exact) mass is 440 g/mol. The van der Waals surface area contributed by atoms with Crippen molar-refractivity contribution in [1.82, 2.24) is 10.2 Å². The summed E-state index contributed by atoms with van der Waals surface area (Å²) in [4.78, 5) is 26.9. The number of hydrogen-bond donors (Lipinski definition) is 1. The molecule has 1 heterocycles. The molecule has 0 unspecified atom stereocenters. The number of hydrogen-bond acceptors (Lipinski definition) is 5. The molecule has 32 heavy (non-hydrogen) atoms. The summed E-state index contributed by atoms with van der Waals surface area (Å²) in [5.41, 5.74) is 1.79. The highest BCUT2D eigenvalue weighted by atomic mass is 16.5. The van der Waals surface area contributed by atoms with E-state index >= 15 is 0 Å². The lowest BCUT2D eigenvalue weighted by Crippen LogP contribution is -2.47. The number of amides is 2. The Bertz CT molecular complexity index is 918. The van der Waals surface area contributed by atoms with E-state index in [9.17, 15) is 9.59 Å². The number of carbonyl (C=O) groups excluding carboxylic acids is 2. The molecule has 0 aromatic heterocycles. The smallest absolute Gasteiger partial charge is 0.258 e. The Morgan fingerprint density at radius 1 is 1.00 bits per heavy atom. The Morgan fingerprint density at radius 3 is 2.25 bits per heavy atom. The predicted molar refractivity (Wildman–Crippen MR) is 123 cm³/mol. The summed E-state index contributed by atoms with van der Waals surface area (Å²) in [6.07, 6.45) is 1.40. The van der Waals surface area contributed by atoms with E-state index < -0.39 is 0 Å². The number of ether oxygens (including phenoxy) is 3. The van der Waals surface area contributed by atoms with Crippen LogP contribution in [-0.4, -0.2) is 56.7 Å². The molecule has 0 spiro atoms. The number of benzene rings is 2. The Balaban J connectivity index is 1.45. The highest BCUT2D eigenvalue weighted by Gasteiger charge is 2.25. The van der Waals surface area contributed by atoms with Gasteiger partial charge in [0.2, 0.25) is 0 Å². The van der Waals surface area contributed by atoms with Gasteiger partial charge in [-0.1, -0.05) is 26.0 Å². The van der Waals surface area contributed by atoms with Crippen molar-refractivity contribution in [2.75, 3.05) is 33.9 Å². The van der Waals surface area contributed by atoms with E-state index in [1.807, 2.05) is 24.3 Å². The van der Waals surface area contributed by atoms with Gasteiger partial charge in [0.15, 0.2) is 18.1 Å². The molecule has 0 bridgehead atoms. The van der Waals surface area contributed by atoms with E-state index in [1.54, 1.807) is 37.3 Å². The van der Waals surface area contributed by atoms with Crippen molar-refractivity contribution in [2.24, 2.45) is 0 Å². The molecule has 1 fully saturated rings. The first-order chi connectivity index (χ1) is 15.4. The number of piperidine rings is 1. The van der Waals surface area contributed by atoms with Crippen molar-refractivity contribution in [3.63, 3.8) is 0 Å². The van der Waals surface area contributed by atoms with Crippen LogP contribution in [0.4, 0.5) is 0 Å². The van der Waals surface area contributed by atoms with Gasteiger partial charge < -0.3 is 24.4 Å². The molecule has 2 aromatic carbocycles. The molecular weight excluding hydrogens is 408 g/mol. The minimum absolute atomic E-state index is 0.0220. The first-order valence-electron chi connectivity index (χ1n) is 10.9. The SMILES string of the molecule is COc1ccc(C(=O)N2CCC(NC(=O)COc3ccc(C(C)C)cc3)CC2)cc1OC. The highest BCUT2D eigenvalue weighted by Crippen LogP contribution is 2.28. The van der Waals surface area contributed by atoms with Crippen molar-refractivity contribution in [3.8, 4) is 17.2 Å². The van der Waals surface area contributed by atoms with Crippen LogP contribution in [0.3, 0.4) is 0 Å². The van der Waals surface area contributed by atoms with Crippen LogP contribution in [0.15, 0.2) is 42.5 Å². The van der Waals surface area contributed by atoms with Gasteiger partial charge in [-0.3, -0.25) is 9.59 Å². The van der Waals surface area contributed by atoms with Gasteiger partial charge in [-0.25, -0.2) is 0 Å². The minimum Gasteiger partial charge on any atom is -0.493 e. The van der Waals surface area contributed by atoms with Gasteiger partial charge in [-0.15, -0.1) is 0 Å². The molecule has 7 nitrogen and oxygen atoms in total. The van der Waals surface area contributed by atoms with Gasteiger partial charge in [0, 0.05) is 24.7 Å². The van der Waals surface area contributed by atoms with Crippen LogP contribution in [0.5, 0.6) is 17.2 Å². The minimum atomic E-state index is -0.150. The highest BCUT2D eigenvalue weighted by molar-refractivity contribution is 5.95. The van der Waals surface area contributed by atoms with Gasteiger partial charge >= 0.3 is 0 Å². The van der Waals surface area contributed by atoms with Gasteiger partial charge in [-0.2, -0.15) is 0 Å². The fourth-order valence-electron chi connectivity index (χ4n) is 3.75. The molecule has 1 aliphatic rings. The topological polar surface area (TPSA) is 77.1 Å². The normalized spacial score (nSPS) is 14.2. The summed E-state index contributed by atoms with van der Waals surface area (Å²) >= 11 is 0. The third kappa shape index (κ3) is 5.93. The van der Waals surface area contributed by atoms with Crippen LogP contribution in [0, 0.1) is 0 Å². The average Bonchev–Trinajstić information content (AvgIpc) is 2.82. The lowest BCUT2D eigenvalue weighted by atomic mass is 10.0. The third-order valence-electron chi connectivity index (χ3n) is 5.69. The zero-order chi connectivity index (χ0) is 23.1. The number of rotatable bonds is 8. The summed E-state index contributed by atoms with van der Waals surface area (Å²) in [6, 6.07) is 13.0. The molecule has 0 saturated carbocycles. The Labute approximate surface area is 189 Å². The fraction of sp³-hybridized carbons (Fsp3) is 0.440. The largest absolute Gasteiger partial charge is 0.493 e. The number of likely N-dealkylation sites (tertiary alicyclic amines) is 1. The van der Waals surface area contributed by atoms with E-state index in [1.165, 1.54) is 5.56 Å². The van der Waals surface area contributed by atoms with Crippen LogP contribution >= 0.6 is 0 Å². The summed E-state index contributed by atoms with van der Waals surface area (Å²) in [5, 5.41) is 3.01. The van der Waals surface area contributed by atoms with Crippen molar-refractivity contribution in [3.05, 3.63) is 53.6 Å². The van der Waals surface area contributed by atoms with E-state index in [-0.39, 0.29) is 24.5 Å². The second kappa shape index (κ2) is 10.9. The Morgan fingerprint density at radius 2 is 1.66 bits per heavy atom. The third-order valence-corrected chi connectivity index (χ3v) is 5.69. The average molecular weight is 441 g/mol. The molecule has 172 valence electrons. The maximum absolute atomic E-state index is 12.8. The molecule has 0 radical (unpaired) electrons. The number of nitrogens with one attached hydrogen (secondary N) is 1. The Hall–Kier alpha value is -3.22. The molecule has 2 amide bonds. The Kier molecular flexibility index (Phi) is 7.98. The fourth-order valence-corrected chi connectivity index (χ4v) is 3.75. The first-order valence-corrected chi connectivity index (χ1v) is 10.9. The van der Waals surface area contributed by atoms with Crippen molar-refractivity contribution >= 4 is 11.8 Å². The molecular formula is C25H32N2O5. The van der Waals surface area contributed by atoms with Crippen molar-refractivity contribution in [1.29, 1.82) is 0 Å². The summed E-state index contributed by atoms with van der Waals surface area (Å²) < 4.78 is 16.1. The lowest BCUT2D eigenvalue weighted by molar-refractivity contribution is -0.124.